The summed E-state index contributed by atoms with van der Waals surface area (Å²) in [6, 6.07) is 0. The molecule has 1 fully saturated rings. The Morgan fingerprint density at radius 2 is 2.00 bits per heavy atom. The zero-order chi connectivity index (χ0) is 8.32. The van der Waals surface area contributed by atoms with E-state index in [9.17, 15) is 4.21 Å². The Morgan fingerprint density at radius 3 is 2.27 bits per heavy atom. The fourth-order valence-corrected chi connectivity index (χ4v) is 3.55. The van der Waals surface area contributed by atoms with Gasteiger partial charge < -0.3 is 4.74 Å². The van der Waals surface area contributed by atoms with E-state index >= 15 is 0 Å². The Hall–Kier alpha value is 0.460. The summed E-state index contributed by atoms with van der Waals surface area (Å²) in [4.78, 5) is 0. The molecule has 1 atom stereocenters. The molecule has 4 heteroatoms. The van der Waals surface area contributed by atoms with Crippen LogP contribution in [0.1, 0.15) is 12.8 Å². The Kier molecular flexibility index (Phi) is 3.40. The van der Waals surface area contributed by atoms with Crippen molar-refractivity contribution in [3.8, 4) is 0 Å². The van der Waals surface area contributed by atoms with E-state index in [0.29, 0.717) is 0 Å². The van der Waals surface area contributed by atoms with Gasteiger partial charge in [0.2, 0.25) is 0 Å². The number of thioether (sulfide) groups is 1. The molecule has 1 heterocycles. The summed E-state index contributed by atoms with van der Waals surface area (Å²) >= 11 is 1.72. The van der Waals surface area contributed by atoms with Crippen molar-refractivity contribution in [3.63, 3.8) is 0 Å². The smallest absolute Gasteiger partial charge is 0.0946 e. The number of rotatable bonds is 2. The number of hydrogen-bond donors (Lipinski definition) is 0. The average molecular weight is 194 g/mol. The predicted octanol–water partition coefficient (Wildman–Crippen LogP) is 1.23. The Morgan fingerprint density at radius 1 is 1.45 bits per heavy atom. The third-order valence-corrected chi connectivity index (χ3v) is 5.96. The minimum Gasteiger partial charge on any atom is -0.381 e. The van der Waals surface area contributed by atoms with Crippen molar-refractivity contribution in [2.75, 3.05) is 25.7 Å². The second-order valence-corrected chi connectivity index (χ2v) is 5.82. The van der Waals surface area contributed by atoms with Gasteiger partial charge in [0.25, 0.3) is 0 Å². The SMILES string of the molecule is CSC1(S(C)=O)CCOCC1. The van der Waals surface area contributed by atoms with Gasteiger partial charge in [-0.2, -0.15) is 0 Å². The predicted molar refractivity (Wildman–Crippen MR) is 50.4 cm³/mol. The first-order chi connectivity index (χ1) is 5.21. The number of hydrogen-bond acceptors (Lipinski definition) is 3. The van der Waals surface area contributed by atoms with Crippen molar-refractivity contribution >= 4 is 22.6 Å². The maximum Gasteiger partial charge on any atom is 0.0946 e. The summed E-state index contributed by atoms with van der Waals surface area (Å²) in [7, 11) is -0.728. The van der Waals surface area contributed by atoms with E-state index in [1.165, 1.54) is 0 Å². The maximum atomic E-state index is 11.4. The molecule has 0 aromatic rings. The zero-order valence-corrected chi connectivity index (χ0v) is 8.59. The van der Waals surface area contributed by atoms with Gasteiger partial charge in [-0.1, -0.05) is 0 Å². The van der Waals surface area contributed by atoms with Gasteiger partial charge in [-0.05, 0) is 19.1 Å². The molecule has 0 N–H and O–H groups in total. The molecule has 0 radical (unpaired) electrons. The summed E-state index contributed by atoms with van der Waals surface area (Å²) in [5.74, 6) is 0. The molecule has 0 bridgehead atoms. The molecule has 2 nitrogen and oxygen atoms in total. The normalized spacial score (nSPS) is 26.4. The first-order valence-electron chi connectivity index (χ1n) is 3.68. The highest BCUT2D eigenvalue weighted by Gasteiger charge is 2.35. The molecule has 1 rings (SSSR count). The third-order valence-electron chi connectivity index (χ3n) is 2.15. The summed E-state index contributed by atoms with van der Waals surface area (Å²) in [5, 5.41) is 0. The molecule has 1 unspecified atom stereocenters. The summed E-state index contributed by atoms with van der Waals surface area (Å²) in [6.45, 7) is 1.53. The standard InChI is InChI=1S/C7H14O2S2/c1-10-7(11(2)8)3-5-9-6-4-7/h3-6H2,1-2H3. The van der Waals surface area contributed by atoms with Crippen molar-refractivity contribution in [2.24, 2.45) is 0 Å². The highest BCUT2D eigenvalue weighted by Crippen LogP contribution is 2.36. The minimum absolute atomic E-state index is 0.0156. The molecule has 0 saturated carbocycles. The monoisotopic (exact) mass is 194 g/mol. The largest absolute Gasteiger partial charge is 0.381 e. The van der Waals surface area contributed by atoms with Gasteiger partial charge in [-0.15, -0.1) is 11.8 Å². The molecule has 1 aliphatic rings. The topological polar surface area (TPSA) is 26.3 Å². The highest BCUT2D eigenvalue weighted by atomic mass is 32.2. The lowest BCUT2D eigenvalue weighted by atomic mass is 10.2. The molecule has 0 aromatic carbocycles. The Balaban J connectivity index is 2.64. The van der Waals surface area contributed by atoms with Crippen molar-refractivity contribution in [1.82, 2.24) is 0 Å². The fraction of sp³-hybridized carbons (Fsp3) is 1.00. The lowest BCUT2D eigenvalue weighted by molar-refractivity contribution is 0.0938. The van der Waals surface area contributed by atoms with Crippen LogP contribution in [0.4, 0.5) is 0 Å². The second-order valence-electron chi connectivity index (χ2n) is 2.68. The summed E-state index contributed by atoms with van der Waals surface area (Å²) in [6.07, 6.45) is 5.68. The van der Waals surface area contributed by atoms with Crippen LogP contribution in [0.2, 0.25) is 0 Å². The molecular weight excluding hydrogens is 180 g/mol. The van der Waals surface area contributed by atoms with Crippen LogP contribution in [0.15, 0.2) is 0 Å². The molecule has 0 aliphatic carbocycles. The maximum absolute atomic E-state index is 11.4. The van der Waals surface area contributed by atoms with E-state index in [1.807, 2.05) is 6.26 Å². The molecule has 1 aliphatic heterocycles. The molecule has 0 amide bonds. The van der Waals surface area contributed by atoms with Crippen molar-refractivity contribution in [3.05, 3.63) is 0 Å². The summed E-state index contributed by atoms with van der Waals surface area (Å²) in [5.41, 5.74) is 0. The molecule has 11 heavy (non-hydrogen) atoms. The van der Waals surface area contributed by atoms with E-state index in [4.69, 9.17) is 4.74 Å². The van der Waals surface area contributed by atoms with Gasteiger partial charge in [0.15, 0.2) is 0 Å². The van der Waals surface area contributed by atoms with E-state index in [0.717, 1.165) is 26.1 Å². The minimum atomic E-state index is -0.728. The van der Waals surface area contributed by atoms with E-state index < -0.39 is 10.8 Å². The van der Waals surface area contributed by atoms with Crippen LogP contribution in [-0.4, -0.2) is 34.0 Å². The molecular formula is C7H14O2S2. The number of ether oxygens (including phenoxy) is 1. The third kappa shape index (κ3) is 1.98. The molecule has 1 saturated heterocycles. The summed E-state index contributed by atoms with van der Waals surface area (Å²) < 4.78 is 16.6. The highest BCUT2D eigenvalue weighted by molar-refractivity contribution is 8.11. The van der Waals surface area contributed by atoms with Crippen LogP contribution in [-0.2, 0) is 15.5 Å². The molecule has 0 aromatic heterocycles. The van der Waals surface area contributed by atoms with E-state index in [2.05, 4.69) is 0 Å². The van der Waals surface area contributed by atoms with Gasteiger partial charge >= 0.3 is 0 Å². The molecule has 0 spiro atoms. The lowest BCUT2D eigenvalue weighted by Crippen LogP contribution is -2.36. The first-order valence-corrected chi connectivity index (χ1v) is 6.46. The van der Waals surface area contributed by atoms with E-state index in [1.54, 1.807) is 18.0 Å². The second kappa shape index (κ2) is 3.92. The van der Waals surface area contributed by atoms with Gasteiger partial charge in [-0.3, -0.25) is 4.21 Å². The van der Waals surface area contributed by atoms with Crippen molar-refractivity contribution < 1.29 is 8.95 Å². The quantitative estimate of drug-likeness (QED) is 0.661. The van der Waals surface area contributed by atoms with Gasteiger partial charge in [-0.25, -0.2) is 0 Å². The van der Waals surface area contributed by atoms with Gasteiger partial charge in [0.1, 0.15) is 0 Å². The van der Waals surface area contributed by atoms with Crippen LogP contribution < -0.4 is 0 Å². The van der Waals surface area contributed by atoms with Crippen molar-refractivity contribution in [1.29, 1.82) is 0 Å². The van der Waals surface area contributed by atoms with Crippen LogP contribution >= 0.6 is 11.8 Å². The van der Waals surface area contributed by atoms with Gasteiger partial charge in [0, 0.05) is 30.3 Å². The Labute approximate surface area is 74.5 Å². The zero-order valence-electron chi connectivity index (χ0n) is 6.96. The lowest BCUT2D eigenvalue weighted by Gasteiger charge is -2.33. The average Bonchev–Trinajstić information content (AvgIpc) is 2.05. The fourth-order valence-electron chi connectivity index (χ4n) is 1.29. The van der Waals surface area contributed by atoms with Crippen molar-refractivity contribution in [2.45, 2.75) is 16.9 Å². The van der Waals surface area contributed by atoms with Crippen LogP contribution in [0.3, 0.4) is 0 Å². The van der Waals surface area contributed by atoms with Gasteiger partial charge in [0.05, 0.1) is 4.08 Å². The molecule has 66 valence electrons. The van der Waals surface area contributed by atoms with Crippen LogP contribution in [0.25, 0.3) is 0 Å². The van der Waals surface area contributed by atoms with Crippen LogP contribution in [0.5, 0.6) is 0 Å². The Bertz CT molecular complexity index is 153. The van der Waals surface area contributed by atoms with E-state index in [-0.39, 0.29) is 4.08 Å². The first kappa shape index (κ1) is 9.55. The van der Waals surface area contributed by atoms with Crippen LogP contribution in [0, 0.1) is 0 Å².